The van der Waals surface area contributed by atoms with Crippen LogP contribution >= 0.6 is 0 Å². The topological polar surface area (TPSA) is 39.1 Å². The van der Waals surface area contributed by atoms with E-state index in [1.54, 1.807) is 0 Å². The van der Waals surface area contributed by atoms with Gasteiger partial charge in [-0.15, -0.1) is 0 Å². The Hall–Kier alpha value is -0.870. The van der Waals surface area contributed by atoms with Gasteiger partial charge < -0.3 is 14.6 Å². The van der Waals surface area contributed by atoms with Crippen molar-refractivity contribution in [2.75, 3.05) is 19.8 Å². The molecule has 4 nitrogen and oxygen atoms in total. The lowest BCUT2D eigenvalue weighted by Crippen LogP contribution is -2.32. The summed E-state index contributed by atoms with van der Waals surface area (Å²) in [4.78, 5) is 4.44. The van der Waals surface area contributed by atoms with Crippen LogP contribution in [-0.2, 0) is 18.3 Å². The lowest BCUT2D eigenvalue weighted by atomic mass is 10.0. The van der Waals surface area contributed by atoms with Crippen LogP contribution < -0.4 is 5.32 Å². The summed E-state index contributed by atoms with van der Waals surface area (Å²) < 4.78 is 8.11. The molecule has 1 N–H and O–H groups in total. The monoisotopic (exact) mass is 249 g/mol. The molecule has 1 aromatic rings. The fourth-order valence-electron chi connectivity index (χ4n) is 3.30. The number of fused-ring (bicyclic) bond motifs is 1. The van der Waals surface area contributed by atoms with E-state index in [4.69, 9.17) is 4.74 Å². The van der Waals surface area contributed by atoms with E-state index in [1.165, 1.54) is 37.1 Å². The highest BCUT2D eigenvalue weighted by atomic mass is 16.5. The maximum Gasteiger partial charge on any atom is 0.0949 e. The molecule has 0 spiro atoms. The molecule has 1 aromatic heterocycles. The molecule has 0 unspecified atom stereocenters. The number of rotatable bonds is 4. The van der Waals surface area contributed by atoms with Gasteiger partial charge in [-0.3, -0.25) is 0 Å². The summed E-state index contributed by atoms with van der Waals surface area (Å²) in [5.74, 6) is 1.27. The molecule has 0 saturated heterocycles. The summed E-state index contributed by atoms with van der Waals surface area (Å²) in [6.07, 6.45) is 7.43. The summed E-state index contributed by atoms with van der Waals surface area (Å²) in [5.41, 5.74) is 2.55. The SMILES string of the molecule is Cn1cnc2c1[C@@H](COCC1CCCC1)CNC2. The number of nitrogens with one attached hydrogen (secondary N) is 1. The average molecular weight is 249 g/mol. The molecule has 100 valence electrons. The third kappa shape index (κ3) is 2.45. The van der Waals surface area contributed by atoms with Crippen molar-refractivity contribution in [1.29, 1.82) is 0 Å². The standard InChI is InChI=1S/C14H23N3O/c1-17-10-16-13-7-15-6-12(14(13)17)9-18-8-11-4-2-3-5-11/h10-12,15H,2-9H2,1H3/t12-/m1/s1. The first-order valence-corrected chi connectivity index (χ1v) is 7.13. The number of aromatic nitrogens is 2. The van der Waals surface area contributed by atoms with E-state index in [-0.39, 0.29) is 0 Å². The summed E-state index contributed by atoms with van der Waals surface area (Å²) >= 11 is 0. The van der Waals surface area contributed by atoms with Crippen LogP contribution in [0.15, 0.2) is 6.33 Å². The molecule has 3 rings (SSSR count). The number of hydrogen-bond acceptors (Lipinski definition) is 3. The summed E-state index contributed by atoms with van der Waals surface area (Å²) in [5, 5.41) is 3.43. The van der Waals surface area contributed by atoms with Gasteiger partial charge in [0.05, 0.1) is 18.6 Å². The Morgan fingerprint density at radius 1 is 1.39 bits per heavy atom. The second-order valence-corrected chi connectivity index (χ2v) is 5.70. The van der Waals surface area contributed by atoms with Crippen molar-refractivity contribution >= 4 is 0 Å². The smallest absolute Gasteiger partial charge is 0.0949 e. The molecule has 18 heavy (non-hydrogen) atoms. The first-order chi connectivity index (χ1) is 8.84. The molecular weight excluding hydrogens is 226 g/mol. The van der Waals surface area contributed by atoms with Crippen LogP contribution in [0.2, 0.25) is 0 Å². The second kappa shape index (κ2) is 5.41. The van der Waals surface area contributed by atoms with E-state index in [9.17, 15) is 0 Å². The molecular formula is C14H23N3O. The number of nitrogens with zero attached hydrogens (tertiary/aromatic N) is 2. The van der Waals surface area contributed by atoms with E-state index in [2.05, 4.69) is 21.9 Å². The van der Waals surface area contributed by atoms with E-state index in [0.29, 0.717) is 5.92 Å². The van der Waals surface area contributed by atoms with Crippen molar-refractivity contribution in [2.24, 2.45) is 13.0 Å². The quantitative estimate of drug-likeness (QED) is 0.884. The third-order valence-corrected chi connectivity index (χ3v) is 4.28. The summed E-state index contributed by atoms with van der Waals surface area (Å²) in [6, 6.07) is 0. The van der Waals surface area contributed by atoms with E-state index >= 15 is 0 Å². The first-order valence-electron chi connectivity index (χ1n) is 7.13. The van der Waals surface area contributed by atoms with Crippen molar-refractivity contribution in [3.05, 3.63) is 17.7 Å². The summed E-state index contributed by atoms with van der Waals surface area (Å²) in [7, 11) is 2.08. The fraction of sp³-hybridized carbons (Fsp3) is 0.786. The van der Waals surface area contributed by atoms with E-state index in [1.807, 2.05) is 6.33 Å². The van der Waals surface area contributed by atoms with Gasteiger partial charge in [0.2, 0.25) is 0 Å². The van der Waals surface area contributed by atoms with Gasteiger partial charge in [-0.1, -0.05) is 12.8 Å². The van der Waals surface area contributed by atoms with Gasteiger partial charge in [0.15, 0.2) is 0 Å². The minimum absolute atomic E-state index is 0.461. The molecule has 1 atom stereocenters. The predicted molar refractivity (Wildman–Crippen MR) is 70.4 cm³/mol. The van der Waals surface area contributed by atoms with Crippen molar-refractivity contribution in [3.8, 4) is 0 Å². The molecule has 0 aromatic carbocycles. The second-order valence-electron chi connectivity index (χ2n) is 5.70. The van der Waals surface area contributed by atoms with E-state index in [0.717, 1.165) is 32.2 Å². The third-order valence-electron chi connectivity index (χ3n) is 4.28. The highest BCUT2D eigenvalue weighted by molar-refractivity contribution is 5.21. The van der Waals surface area contributed by atoms with Crippen LogP contribution in [0, 0.1) is 5.92 Å². The Balaban J connectivity index is 1.55. The molecule has 1 saturated carbocycles. The minimum Gasteiger partial charge on any atom is -0.380 e. The zero-order chi connectivity index (χ0) is 12.4. The predicted octanol–water partition coefficient (Wildman–Crippen LogP) is 1.81. The van der Waals surface area contributed by atoms with Gasteiger partial charge >= 0.3 is 0 Å². The molecule has 2 heterocycles. The Kier molecular flexibility index (Phi) is 3.66. The highest BCUT2D eigenvalue weighted by Crippen LogP contribution is 2.26. The Morgan fingerprint density at radius 2 is 2.22 bits per heavy atom. The van der Waals surface area contributed by atoms with Gasteiger partial charge in [-0.25, -0.2) is 4.98 Å². The maximum atomic E-state index is 5.96. The van der Waals surface area contributed by atoms with E-state index < -0.39 is 0 Å². The van der Waals surface area contributed by atoms with Crippen molar-refractivity contribution in [1.82, 2.24) is 14.9 Å². The van der Waals surface area contributed by atoms with Gasteiger partial charge in [0, 0.05) is 38.4 Å². The lowest BCUT2D eigenvalue weighted by Gasteiger charge is -2.24. The normalized spacial score (nSPS) is 24.4. The van der Waals surface area contributed by atoms with Gasteiger partial charge in [0.25, 0.3) is 0 Å². The van der Waals surface area contributed by atoms with Crippen molar-refractivity contribution in [2.45, 2.75) is 38.1 Å². The van der Waals surface area contributed by atoms with Gasteiger partial charge in [0.1, 0.15) is 0 Å². The number of hydrogen-bond donors (Lipinski definition) is 1. The molecule has 2 aliphatic rings. The number of imidazole rings is 1. The number of aryl methyl sites for hydroxylation is 1. The van der Waals surface area contributed by atoms with Crippen molar-refractivity contribution in [3.63, 3.8) is 0 Å². The molecule has 1 aliphatic heterocycles. The van der Waals surface area contributed by atoms with Crippen LogP contribution in [0.4, 0.5) is 0 Å². The van der Waals surface area contributed by atoms with Crippen LogP contribution in [0.5, 0.6) is 0 Å². The Bertz CT molecular complexity index is 396. The molecule has 0 bridgehead atoms. The molecule has 0 amide bonds. The highest BCUT2D eigenvalue weighted by Gasteiger charge is 2.24. The van der Waals surface area contributed by atoms with Crippen molar-refractivity contribution < 1.29 is 4.74 Å². The van der Waals surface area contributed by atoms with Gasteiger partial charge in [-0.2, -0.15) is 0 Å². The summed E-state index contributed by atoms with van der Waals surface area (Å²) in [6.45, 7) is 3.69. The maximum absolute atomic E-state index is 5.96. The average Bonchev–Trinajstić information content (AvgIpc) is 3.00. The molecule has 1 fully saturated rings. The number of ether oxygens (including phenoxy) is 1. The Labute approximate surface area is 109 Å². The molecule has 4 heteroatoms. The molecule has 0 radical (unpaired) electrons. The van der Waals surface area contributed by atoms with Crippen LogP contribution in [0.3, 0.4) is 0 Å². The fourth-order valence-corrected chi connectivity index (χ4v) is 3.30. The minimum atomic E-state index is 0.461. The zero-order valence-electron chi connectivity index (χ0n) is 11.2. The lowest BCUT2D eigenvalue weighted by molar-refractivity contribution is 0.0863. The van der Waals surface area contributed by atoms with Crippen LogP contribution in [0.25, 0.3) is 0 Å². The van der Waals surface area contributed by atoms with Gasteiger partial charge in [-0.05, 0) is 18.8 Å². The zero-order valence-corrected chi connectivity index (χ0v) is 11.2. The molecule has 1 aliphatic carbocycles. The Morgan fingerprint density at radius 3 is 3.06 bits per heavy atom. The van der Waals surface area contributed by atoms with Crippen LogP contribution in [0.1, 0.15) is 43.0 Å². The van der Waals surface area contributed by atoms with Crippen LogP contribution in [-0.4, -0.2) is 29.3 Å². The largest absolute Gasteiger partial charge is 0.380 e. The first kappa shape index (κ1) is 12.2.